The molecule has 1 aliphatic rings. The van der Waals surface area contributed by atoms with E-state index >= 15 is 0 Å². The number of hydrogen-bond donors (Lipinski definition) is 2. The Balaban J connectivity index is 2.65. The maximum Gasteiger partial charge on any atom is 0.240 e. The Morgan fingerprint density at radius 3 is 2.47 bits per heavy atom. The molecule has 17 heavy (non-hydrogen) atoms. The Kier molecular flexibility index (Phi) is 4.20. The number of nitrogens with zero attached hydrogens (tertiary/aromatic N) is 1. The van der Waals surface area contributed by atoms with E-state index in [4.69, 9.17) is 5.73 Å². The Morgan fingerprint density at radius 2 is 1.94 bits per heavy atom. The molecule has 1 amide bonds. The number of hydrogen-bond acceptors (Lipinski definition) is 3. The lowest BCUT2D eigenvalue weighted by atomic mass is 9.86. The van der Waals surface area contributed by atoms with Crippen LogP contribution in [-0.4, -0.2) is 40.6 Å². The highest BCUT2D eigenvalue weighted by Crippen LogP contribution is 2.24. The van der Waals surface area contributed by atoms with Crippen LogP contribution in [0.15, 0.2) is 0 Å². The Labute approximate surface area is 104 Å². The van der Waals surface area contributed by atoms with Crippen LogP contribution >= 0.6 is 0 Å². The maximum absolute atomic E-state index is 12.2. The first-order chi connectivity index (χ1) is 7.63. The second kappa shape index (κ2) is 4.94. The van der Waals surface area contributed by atoms with Crippen molar-refractivity contribution in [1.29, 1.82) is 0 Å². The van der Waals surface area contributed by atoms with Crippen molar-refractivity contribution in [2.24, 2.45) is 11.1 Å². The van der Waals surface area contributed by atoms with Gasteiger partial charge in [0.15, 0.2) is 0 Å². The Hall–Kier alpha value is -0.610. The van der Waals surface area contributed by atoms with E-state index in [0.717, 1.165) is 12.8 Å². The van der Waals surface area contributed by atoms with Crippen molar-refractivity contribution in [3.05, 3.63) is 0 Å². The number of likely N-dealkylation sites (tertiary alicyclic amines) is 1. The first-order valence-corrected chi connectivity index (χ1v) is 6.40. The summed E-state index contributed by atoms with van der Waals surface area (Å²) in [7, 11) is 0. The molecule has 0 aromatic heterocycles. The highest BCUT2D eigenvalue weighted by Gasteiger charge is 2.33. The molecule has 100 valence electrons. The molecular formula is C13H26N2O2. The molecule has 1 fully saturated rings. The van der Waals surface area contributed by atoms with Gasteiger partial charge in [0.2, 0.25) is 5.91 Å². The number of rotatable bonds is 1. The summed E-state index contributed by atoms with van der Waals surface area (Å²) in [4.78, 5) is 14.0. The van der Waals surface area contributed by atoms with Crippen molar-refractivity contribution in [1.82, 2.24) is 4.90 Å². The highest BCUT2D eigenvalue weighted by molar-refractivity contribution is 5.82. The molecule has 2 atom stereocenters. The maximum atomic E-state index is 12.2. The predicted molar refractivity (Wildman–Crippen MR) is 68.5 cm³/mol. The molecule has 1 heterocycles. The average Bonchev–Trinajstić information content (AvgIpc) is 2.36. The number of carbonyl (C=O) groups is 1. The summed E-state index contributed by atoms with van der Waals surface area (Å²) >= 11 is 0. The van der Waals surface area contributed by atoms with Crippen molar-refractivity contribution in [3.8, 4) is 0 Å². The van der Waals surface area contributed by atoms with Crippen LogP contribution in [0.1, 0.15) is 47.0 Å². The van der Waals surface area contributed by atoms with Gasteiger partial charge in [0.1, 0.15) is 0 Å². The minimum absolute atomic E-state index is 0.00944. The number of nitrogens with two attached hydrogens (primary N) is 1. The predicted octanol–water partition coefficient (Wildman–Crippen LogP) is 1.12. The highest BCUT2D eigenvalue weighted by atomic mass is 16.3. The first-order valence-electron chi connectivity index (χ1n) is 6.40. The first kappa shape index (κ1) is 14.5. The van der Waals surface area contributed by atoms with Gasteiger partial charge >= 0.3 is 0 Å². The van der Waals surface area contributed by atoms with Crippen LogP contribution < -0.4 is 5.73 Å². The normalized spacial score (nSPS) is 28.7. The van der Waals surface area contributed by atoms with Crippen LogP contribution in [0.3, 0.4) is 0 Å². The molecule has 0 spiro atoms. The fraction of sp³-hybridized carbons (Fsp3) is 0.923. The molecule has 1 rings (SSSR count). The molecule has 3 N–H and O–H groups in total. The molecule has 0 aliphatic carbocycles. The second-order valence-corrected chi connectivity index (χ2v) is 6.52. The molecule has 2 unspecified atom stereocenters. The molecule has 0 saturated carbocycles. The third kappa shape index (κ3) is 3.96. The Bertz CT molecular complexity index is 282. The molecule has 1 saturated heterocycles. The zero-order valence-corrected chi connectivity index (χ0v) is 11.5. The largest absolute Gasteiger partial charge is 0.390 e. The molecule has 0 radical (unpaired) electrons. The SMILES string of the molecule is CC1(O)CCCN(C(=O)C(N)C(C)(C)C)CC1. The van der Waals surface area contributed by atoms with Crippen molar-refractivity contribution >= 4 is 5.91 Å². The zero-order chi connectivity index (χ0) is 13.3. The van der Waals surface area contributed by atoms with E-state index in [-0.39, 0.29) is 11.3 Å². The minimum Gasteiger partial charge on any atom is -0.390 e. The number of carbonyl (C=O) groups excluding carboxylic acids is 1. The van der Waals surface area contributed by atoms with Crippen LogP contribution in [0.5, 0.6) is 0 Å². The topological polar surface area (TPSA) is 66.6 Å². The smallest absolute Gasteiger partial charge is 0.240 e. The summed E-state index contributed by atoms with van der Waals surface area (Å²) in [5.74, 6) is 0.00944. The van der Waals surface area contributed by atoms with Gasteiger partial charge in [-0.3, -0.25) is 4.79 Å². The van der Waals surface area contributed by atoms with Gasteiger partial charge in [-0.15, -0.1) is 0 Å². The van der Waals surface area contributed by atoms with Crippen LogP contribution in [0.25, 0.3) is 0 Å². The van der Waals surface area contributed by atoms with Crippen molar-refractivity contribution in [2.75, 3.05) is 13.1 Å². The van der Waals surface area contributed by atoms with E-state index in [1.165, 1.54) is 0 Å². The molecule has 0 aromatic carbocycles. The monoisotopic (exact) mass is 242 g/mol. The van der Waals surface area contributed by atoms with E-state index in [2.05, 4.69) is 0 Å². The number of aliphatic hydroxyl groups is 1. The minimum atomic E-state index is -0.638. The summed E-state index contributed by atoms with van der Waals surface area (Å²) < 4.78 is 0. The van der Waals surface area contributed by atoms with Gasteiger partial charge in [0.05, 0.1) is 11.6 Å². The third-order valence-corrected chi connectivity index (χ3v) is 3.57. The van der Waals surface area contributed by atoms with Gasteiger partial charge in [-0.25, -0.2) is 0 Å². The summed E-state index contributed by atoms with van der Waals surface area (Å²) in [6, 6.07) is -0.467. The molecule has 0 bridgehead atoms. The summed E-state index contributed by atoms with van der Waals surface area (Å²) in [5.41, 5.74) is 5.14. The second-order valence-electron chi connectivity index (χ2n) is 6.52. The van der Waals surface area contributed by atoms with Crippen LogP contribution in [0.2, 0.25) is 0 Å². The number of amides is 1. The van der Waals surface area contributed by atoms with Gasteiger partial charge in [-0.1, -0.05) is 20.8 Å². The average molecular weight is 242 g/mol. The van der Waals surface area contributed by atoms with Gasteiger partial charge < -0.3 is 15.7 Å². The fourth-order valence-corrected chi connectivity index (χ4v) is 2.05. The van der Waals surface area contributed by atoms with Crippen molar-refractivity contribution in [3.63, 3.8) is 0 Å². The van der Waals surface area contributed by atoms with E-state index in [1.54, 1.807) is 4.90 Å². The van der Waals surface area contributed by atoms with Crippen LogP contribution in [0.4, 0.5) is 0 Å². The van der Waals surface area contributed by atoms with Crippen LogP contribution in [-0.2, 0) is 4.79 Å². The van der Waals surface area contributed by atoms with E-state index in [0.29, 0.717) is 19.5 Å². The van der Waals surface area contributed by atoms with E-state index < -0.39 is 11.6 Å². The van der Waals surface area contributed by atoms with Gasteiger partial charge in [0, 0.05) is 13.1 Å². The van der Waals surface area contributed by atoms with Gasteiger partial charge in [-0.05, 0) is 31.6 Å². The molecule has 1 aliphatic heterocycles. The van der Waals surface area contributed by atoms with Crippen LogP contribution in [0, 0.1) is 5.41 Å². The summed E-state index contributed by atoms with van der Waals surface area (Å²) in [5, 5.41) is 9.98. The van der Waals surface area contributed by atoms with Gasteiger partial charge in [0.25, 0.3) is 0 Å². The zero-order valence-electron chi connectivity index (χ0n) is 11.5. The fourth-order valence-electron chi connectivity index (χ4n) is 2.05. The molecular weight excluding hydrogens is 216 g/mol. The lowest BCUT2D eigenvalue weighted by Crippen LogP contribution is -2.50. The Morgan fingerprint density at radius 1 is 1.35 bits per heavy atom. The van der Waals surface area contributed by atoms with E-state index in [1.807, 2.05) is 27.7 Å². The lowest BCUT2D eigenvalue weighted by Gasteiger charge is -2.31. The van der Waals surface area contributed by atoms with Crippen molar-refractivity contribution < 1.29 is 9.90 Å². The standard InChI is InChI=1S/C13H26N2O2/c1-12(2,3)10(14)11(16)15-8-5-6-13(4,17)7-9-15/h10,17H,5-9,14H2,1-4H3. The third-order valence-electron chi connectivity index (χ3n) is 3.57. The van der Waals surface area contributed by atoms with Gasteiger partial charge in [-0.2, -0.15) is 0 Å². The summed E-state index contributed by atoms with van der Waals surface area (Å²) in [6.45, 7) is 9.08. The summed E-state index contributed by atoms with van der Waals surface area (Å²) in [6.07, 6.45) is 2.23. The molecule has 4 heteroatoms. The lowest BCUT2D eigenvalue weighted by molar-refractivity contribution is -0.135. The molecule has 0 aromatic rings. The van der Waals surface area contributed by atoms with Crippen molar-refractivity contribution in [2.45, 2.75) is 58.6 Å². The quantitative estimate of drug-likeness (QED) is 0.724. The molecule has 4 nitrogen and oxygen atoms in total. The van der Waals surface area contributed by atoms with E-state index in [9.17, 15) is 9.90 Å².